The van der Waals surface area contributed by atoms with Gasteiger partial charge in [0.2, 0.25) is 5.91 Å². The lowest BCUT2D eigenvalue weighted by Gasteiger charge is -2.22. The van der Waals surface area contributed by atoms with E-state index in [-0.39, 0.29) is 12.3 Å². The number of carbonyl (C=O) groups excluding carboxylic acids is 1. The van der Waals surface area contributed by atoms with Gasteiger partial charge in [-0.25, -0.2) is 0 Å². The summed E-state index contributed by atoms with van der Waals surface area (Å²) in [6.07, 6.45) is -2.88. The molecule has 1 amide bonds. The number of aliphatic carboxylic acids is 1. The van der Waals surface area contributed by atoms with Crippen molar-refractivity contribution in [3.63, 3.8) is 0 Å². The number of carbonyl (C=O) groups is 2. The Kier molecular flexibility index (Phi) is 3.77. The van der Waals surface area contributed by atoms with Crippen LogP contribution in [0.4, 0.5) is 13.2 Å². The largest absolute Gasteiger partial charge is 0.480 e. The van der Waals surface area contributed by atoms with Gasteiger partial charge in [-0.05, 0) is 18.8 Å². The Labute approximate surface area is 90.0 Å². The third-order valence-corrected chi connectivity index (χ3v) is 2.21. The molecule has 0 aromatic rings. The van der Waals surface area contributed by atoms with E-state index in [1.807, 2.05) is 0 Å². The Balaban J connectivity index is 2.53. The van der Waals surface area contributed by atoms with Crippen LogP contribution in [0.15, 0.2) is 0 Å². The Morgan fingerprint density at radius 3 is 2.25 bits per heavy atom. The molecule has 1 aliphatic rings. The van der Waals surface area contributed by atoms with Gasteiger partial charge in [-0.1, -0.05) is 0 Å². The minimum absolute atomic E-state index is 0.0172. The van der Waals surface area contributed by atoms with Crippen LogP contribution in [0.2, 0.25) is 0 Å². The molecular weight excluding hydrogens is 227 g/mol. The van der Waals surface area contributed by atoms with Crippen LogP contribution in [0.25, 0.3) is 0 Å². The molecular formula is C9H12F3NO3. The van der Waals surface area contributed by atoms with E-state index in [1.54, 1.807) is 0 Å². The zero-order valence-corrected chi connectivity index (χ0v) is 8.46. The minimum atomic E-state index is -4.56. The van der Waals surface area contributed by atoms with Gasteiger partial charge in [-0.15, -0.1) is 0 Å². The van der Waals surface area contributed by atoms with Gasteiger partial charge in [0.05, 0.1) is 0 Å². The van der Waals surface area contributed by atoms with E-state index in [2.05, 4.69) is 0 Å². The summed E-state index contributed by atoms with van der Waals surface area (Å²) in [6, 6.07) is 0. The molecule has 92 valence electrons. The molecule has 0 aromatic heterocycles. The number of hydrogen-bond acceptors (Lipinski definition) is 2. The Morgan fingerprint density at radius 1 is 1.31 bits per heavy atom. The molecule has 0 spiro atoms. The second-order valence-corrected chi connectivity index (χ2v) is 3.91. The lowest BCUT2D eigenvalue weighted by atomic mass is 10.2. The first kappa shape index (κ1) is 12.8. The molecule has 0 aliphatic heterocycles. The van der Waals surface area contributed by atoms with Gasteiger partial charge in [0.15, 0.2) is 0 Å². The maximum atomic E-state index is 12.1. The number of rotatable bonds is 5. The summed E-state index contributed by atoms with van der Waals surface area (Å²) in [4.78, 5) is 22.1. The molecule has 1 aliphatic carbocycles. The second-order valence-electron chi connectivity index (χ2n) is 3.91. The third-order valence-electron chi connectivity index (χ3n) is 2.21. The predicted molar refractivity (Wildman–Crippen MR) is 47.6 cm³/mol. The first-order valence-electron chi connectivity index (χ1n) is 4.84. The maximum Gasteiger partial charge on any atom is 0.406 e. The standard InChI is InChI=1S/C9H12F3NO3/c10-9(11,12)5-13(4-8(15)16)7(14)3-6-1-2-6/h6H,1-5H2,(H,15,16). The van der Waals surface area contributed by atoms with Gasteiger partial charge in [0.25, 0.3) is 0 Å². The lowest BCUT2D eigenvalue weighted by molar-refractivity contribution is -0.165. The van der Waals surface area contributed by atoms with Crippen molar-refractivity contribution in [1.82, 2.24) is 4.90 Å². The fraction of sp³-hybridized carbons (Fsp3) is 0.778. The van der Waals surface area contributed by atoms with Crippen molar-refractivity contribution in [3.8, 4) is 0 Å². The smallest absolute Gasteiger partial charge is 0.406 e. The third kappa shape index (κ3) is 4.99. The zero-order chi connectivity index (χ0) is 12.3. The second kappa shape index (κ2) is 4.71. The Morgan fingerprint density at radius 2 is 1.88 bits per heavy atom. The van der Waals surface area contributed by atoms with Gasteiger partial charge in [0, 0.05) is 6.42 Å². The minimum Gasteiger partial charge on any atom is -0.480 e. The highest BCUT2D eigenvalue weighted by atomic mass is 19.4. The molecule has 0 unspecified atom stereocenters. The SMILES string of the molecule is O=C(O)CN(CC(F)(F)F)C(=O)CC1CC1. The van der Waals surface area contributed by atoms with E-state index in [0.717, 1.165) is 12.8 Å². The highest BCUT2D eigenvalue weighted by Crippen LogP contribution is 2.33. The molecule has 16 heavy (non-hydrogen) atoms. The summed E-state index contributed by atoms with van der Waals surface area (Å²) in [6.45, 7) is -2.39. The molecule has 1 fully saturated rings. The molecule has 0 saturated heterocycles. The van der Waals surface area contributed by atoms with Crippen LogP contribution in [0.5, 0.6) is 0 Å². The van der Waals surface area contributed by atoms with E-state index in [4.69, 9.17) is 5.11 Å². The molecule has 0 atom stereocenters. The average Bonchev–Trinajstić information content (AvgIpc) is 2.83. The van der Waals surface area contributed by atoms with E-state index in [0.29, 0.717) is 4.90 Å². The number of hydrogen-bond donors (Lipinski definition) is 1. The molecule has 0 heterocycles. The summed E-state index contributed by atoms with van der Waals surface area (Å²) in [5, 5.41) is 8.42. The fourth-order valence-electron chi connectivity index (χ4n) is 1.31. The number of carboxylic acids is 1. The predicted octanol–water partition coefficient (Wildman–Crippen LogP) is 1.26. The monoisotopic (exact) mass is 239 g/mol. The van der Waals surface area contributed by atoms with Crippen LogP contribution in [0.1, 0.15) is 19.3 Å². The molecule has 0 bridgehead atoms. The molecule has 1 N–H and O–H groups in total. The van der Waals surface area contributed by atoms with E-state index >= 15 is 0 Å². The van der Waals surface area contributed by atoms with Crippen molar-refractivity contribution in [1.29, 1.82) is 0 Å². The van der Waals surface area contributed by atoms with Crippen LogP contribution >= 0.6 is 0 Å². The number of nitrogens with zero attached hydrogens (tertiary/aromatic N) is 1. The lowest BCUT2D eigenvalue weighted by Crippen LogP contribution is -2.42. The summed E-state index contributed by atoms with van der Waals surface area (Å²) < 4.78 is 36.2. The molecule has 0 radical (unpaired) electrons. The zero-order valence-electron chi connectivity index (χ0n) is 8.46. The highest BCUT2D eigenvalue weighted by Gasteiger charge is 2.35. The van der Waals surface area contributed by atoms with E-state index in [1.165, 1.54) is 0 Å². The average molecular weight is 239 g/mol. The van der Waals surface area contributed by atoms with Crippen molar-refractivity contribution >= 4 is 11.9 Å². The van der Waals surface area contributed by atoms with Crippen molar-refractivity contribution in [2.24, 2.45) is 5.92 Å². The molecule has 1 saturated carbocycles. The van der Waals surface area contributed by atoms with Crippen LogP contribution < -0.4 is 0 Å². The number of amides is 1. The number of halogens is 3. The summed E-state index contributed by atoms with van der Waals surface area (Å²) in [5.74, 6) is -2.03. The van der Waals surface area contributed by atoms with Crippen molar-refractivity contribution in [2.45, 2.75) is 25.4 Å². The Hall–Kier alpha value is -1.27. The normalized spacial score (nSPS) is 15.9. The van der Waals surface area contributed by atoms with E-state index < -0.39 is 31.1 Å². The van der Waals surface area contributed by atoms with Crippen molar-refractivity contribution in [2.75, 3.05) is 13.1 Å². The summed E-state index contributed by atoms with van der Waals surface area (Å²) in [5.41, 5.74) is 0. The Bertz CT molecular complexity index is 286. The summed E-state index contributed by atoms with van der Waals surface area (Å²) in [7, 11) is 0. The van der Waals surface area contributed by atoms with Crippen LogP contribution in [0, 0.1) is 5.92 Å². The van der Waals surface area contributed by atoms with Gasteiger partial charge in [-0.3, -0.25) is 9.59 Å². The molecule has 7 heteroatoms. The van der Waals surface area contributed by atoms with Crippen molar-refractivity contribution in [3.05, 3.63) is 0 Å². The van der Waals surface area contributed by atoms with Crippen LogP contribution in [-0.4, -0.2) is 41.1 Å². The first-order chi connectivity index (χ1) is 7.28. The van der Waals surface area contributed by atoms with Gasteiger partial charge in [-0.2, -0.15) is 13.2 Å². The molecule has 4 nitrogen and oxygen atoms in total. The number of alkyl halides is 3. The maximum absolute atomic E-state index is 12.1. The van der Waals surface area contributed by atoms with Gasteiger partial charge >= 0.3 is 12.1 Å². The van der Waals surface area contributed by atoms with Crippen molar-refractivity contribution < 1.29 is 27.9 Å². The quantitative estimate of drug-likeness (QED) is 0.785. The number of carboxylic acid groups (broad SMARTS) is 1. The molecule has 1 rings (SSSR count). The van der Waals surface area contributed by atoms with Gasteiger partial charge in [0.1, 0.15) is 13.1 Å². The molecule has 0 aromatic carbocycles. The van der Waals surface area contributed by atoms with Gasteiger partial charge < -0.3 is 10.0 Å². The topological polar surface area (TPSA) is 57.6 Å². The van der Waals surface area contributed by atoms with E-state index in [9.17, 15) is 22.8 Å². The fourth-order valence-corrected chi connectivity index (χ4v) is 1.31. The van der Waals surface area contributed by atoms with Crippen LogP contribution in [-0.2, 0) is 9.59 Å². The van der Waals surface area contributed by atoms with Crippen LogP contribution in [0.3, 0.4) is 0 Å². The highest BCUT2D eigenvalue weighted by molar-refractivity contribution is 5.81. The first-order valence-corrected chi connectivity index (χ1v) is 4.84. The summed E-state index contributed by atoms with van der Waals surface area (Å²) >= 11 is 0.